The van der Waals surface area contributed by atoms with Crippen LogP contribution in [-0.2, 0) is 0 Å². The molecule has 2 N–H and O–H groups in total. The Bertz CT molecular complexity index is 701. The summed E-state index contributed by atoms with van der Waals surface area (Å²) in [5, 5.41) is 8.91. The number of benzene rings is 1. The first-order chi connectivity index (χ1) is 8.99. The second-order valence-electron chi connectivity index (χ2n) is 3.40. The largest absolute Gasteiger partial charge is 0.478 e. The average molecular weight is 346 g/mol. The molecule has 0 amide bonds. The molecule has 2 rings (SSSR count). The summed E-state index contributed by atoms with van der Waals surface area (Å²) in [7, 11) is 0. The molecule has 0 fully saturated rings. The summed E-state index contributed by atoms with van der Waals surface area (Å²) in [6.07, 6.45) is 1.18. The van der Waals surface area contributed by atoms with Crippen LogP contribution in [0.3, 0.4) is 0 Å². The summed E-state index contributed by atoms with van der Waals surface area (Å²) >= 11 is 8.93. The number of nitrogens with one attached hydrogen (secondary N) is 1. The number of carboxylic acid groups (broad SMARTS) is 1. The Balaban J connectivity index is 2.36. The quantitative estimate of drug-likeness (QED) is 0.892. The topological polar surface area (TPSA) is 92.3 Å². The van der Waals surface area contributed by atoms with E-state index in [1.54, 1.807) is 0 Å². The molecule has 0 saturated heterocycles. The Hall–Kier alpha value is -1.86. The lowest BCUT2D eigenvalue weighted by molar-refractivity contribution is 0.0697. The third-order valence-corrected chi connectivity index (χ3v) is 3.14. The van der Waals surface area contributed by atoms with Gasteiger partial charge in [-0.25, -0.2) is 9.78 Å². The SMILES string of the molecule is O=C(O)c1ccc(Oc2nc[nH]c(=O)c2Br)c(Cl)c1. The molecule has 1 aromatic carbocycles. The highest BCUT2D eigenvalue weighted by atomic mass is 79.9. The maximum atomic E-state index is 11.3. The number of rotatable bonds is 3. The van der Waals surface area contributed by atoms with Crippen molar-refractivity contribution in [2.75, 3.05) is 0 Å². The van der Waals surface area contributed by atoms with E-state index in [1.807, 2.05) is 0 Å². The van der Waals surface area contributed by atoms with Crippen LogP contribution in [0.2, 0.25) is 5.02 Å². The molecule has 0 aliphatic carbocycles. The van der Waals surface area contributed by atoms with Crippen molar-refractivity contribution in [2.24, 2.45) is 0 Å². The Labute approximate surface area is 120 Å². The van der Waals surface area contributed by atoms with Gasteiger partial charge in [0.05, 0.1) is 16.9 Å². The average Bonchev–Trinajstić information content (AvgIpc) is 2.37. The highest BCUT2D eigenvalue weighted by Crippen LogP contribution is 2.31. The van der Waals surface area contributed by atoms with E-state index in [1.165, 1.54) is 24.5 Å². The van der Waals surface area contributed by atoms with Crippen molar-refractivity contribution < 1.29 is 14.6 Å². The molecule has 2 aromatic rings. The summed E-state index contributed by atoms with van der Waals surface area (Å²) < 4.78 is 5.47. The van der Waals surface area contributed by atoms with Crippen molar-refractivity contribution in [3.05, 3.63) is 49.9 Å². The molecule has 0 unspecified atom stereocenters. The zero-order chi connectivity index (χ0) is 14.0. The number of aromatic carboxylic acids is 1. The van der Waals surface area contributed by atoms with Gasteiger partial charge in [-0.15, -0.1) is 0 Å². The van der Waals surface area contributed by atoms with Gasteiger partial charge in [-0.1, -0.05) is 11.6 Å². The van der Waals surface area contributed by atoms with Gasteiger partial charge in [0.25, 0.3) is 5.56 Å². The second kappa shape index (κ2) is 5.41. The lowest BCUT2D eigenvalue weighted by Gasteiger charge is -2.07. The minimum Gasteiger partial charge on any atom is -0.478 e. The van der Waals surface area contributed by atoms with E-state index in [9.17, 15) is 9.59 Å². The minimum atomic E-state index is -1.09. The van der Waals surface area contributed by atoms with E-state index in [-0.39, 0.29) is 26.7 Å². The standard InChI is InChI=1S/C11H6BrClN2O4/c12-8-9(16)14-4-15-10(8)19-7-2-1-5(11(17)18)3-6(7)13/h1-4H,(H,17,18)(H,14,15,16). The molecule has 0 atom stereocenters. The summed E-state index contributed by atoms with van der Waals surface area (Å²) in [5.74, 6) is -0.858. The number of aromatic nitrogens is 2. The summed E-state index contributed by atoms with van der Waals surface area (Å²) in [4.78, 5) is 28.3. The minimum absolute atomic E-state index is 0.0359. The van der Waals surface area contributed by atoms with E-state index >= 15 is 0 Å². The van der Waals surface area contributed by atoms with Crippen molar-refractivity contribution in [2.45, 2.75) is 0 Å². The van der Waals surface area contributed by atoms with Crippen LogP contribution in [0.5, 0.6) is 11.6 Å². The number of halogens is 2. The van der Waals surface area contributed by atoms with Gasteiger partial charge in [0.2, 0.25) is 5.88 Å². The Morgan fingerprint density at radius 3 is 2.84 bits per heavy atom. The molecule has 19 heavy (non-hydrogen) atoms. The van der Waals surface area contributed by atoms with Gasteiger partial charge in [0.15, 0.2) is 0 Å². The number of hydrogen-bond acceptors (Lipinski definition) is 4. The molecule has 0 radical (unpaired) electrons. The first-order valence-corrected chi connectivity index (χ1v) is 6.10. The molecule has 1 aromatic heterocycles. The van der Waals surface area contributed by atoms with Gasteiger partial charge < -0.3 is 14.8 Å². The van der Waals surface area contributed by atoms with Gasteiger partial charge in [0.1, 0.15) is 10.2 Å². The van der Waals surface area contributed by atoms with Crippen LogP contribution >= 0.6 is 27.5 Å². The van der Waals surface area contributed by atoms with Crippen molar-refractivity contribution in [3.8, 4) is 11.6 Å². The van der Waals surface area contributed by atoms with Crippen LogP contribution in [0.4, 0.5) is 0 Å². The number of aromatic amines is 1. The highest BCUT2D eigenvalue weighted by Gasteiger charge is 2.12. The maximum Gasteiger partial charge on any atom is 0.335 e. The number of carbonyl (C=O) groups is 1. The smallest absolute Gasteiger partial charge is 0.335 e. The van der Waals surface area contributed by atoms with Gasteiger partial charge in [0, 0.05) is 0 Å². The molecule has 0 aliphatic rings. The zero-order valence-electron chi connectivity index (χ0n) is 9.18. The van der Waals surface area contributed by atoms with Crippen LogP contribution in [0.15, 0.2) is 33.8 Å². The normalized spacial score (nSPS) is 10.2. The van der Waals surface area contributed by atoms with Gasteiger partial charge in [-0.2, -0.15) is 0 Å². The maximum absolute atomic E-state index is 11.3. The highest BCUT2D eigenvalue weighted by molar-refractivity contribution is 9.10. The van der Waals surface area contributed by atoms with Crippen LogP contribution in [0.25, 0.3) is 0 Å². The number of H-pyrrole nitrogens is 1. The van der Waals surface area contributed by atoms with Gasteiger partial charge in [-0.05, 0) is 34.1 Å². The van der Waals surface area contributed by atoms with Crippen LogP contribution in [-0.4, -0.2) is 21.0 Å². The summed E-state index contributed by atoms with van der Waals surface area (Å²) in [6, 6.07) is 3.98. The Morgan fingerprint density at radius 1 is 1.47 bits per heavy atom. The van der Waals surface area contributed by atoms with Crippen LogP contribution in [0, 0.1) is 0 Å². The number of hydrogen-bond donors (Lipinski definition) is 2. The summed E-state index contributed by atoms with van der Waals surface area (Å²) in [6.45, 7) is 0. The van der Waals surface area contributed by atoms with E-state index in [0.29, 0.717) is 0 Å². The molecule has 0 aliphatic heterocycles. The van der Waals surface area contributed by atoms with Gasteiger partial charge in [-0.3, -0.25) is 4.79 Å². The fourth-order valence-electron chi connectivity index (χ4n) is 1.26. The van der Waals surface area contributed by atoms with Crippen molar-refractivity contribution in [1.29, 1.82) is 0 Å². The number of nitrogens with zero attached hydrogens (tertiary/aromatic N) is 1. The zero-order valence-corrected chi connectivity index (χ0v) is 11.5. The van der Waals surface area contributed by atoms with E-state index in [0.717, 1.165) is 0 Å². The molecule has 0 bridgehead atoms. The van der Waals surface area contributed by atoms with E-state index in [4.69, 9.17) is 21.4 Å². The third-order valence-electron chi connectivity index (χ3n) is 2.15. The lowest BCUT2D eigenvalue weighted by Crippen LogP contribution is -2.08. The Kier molecular flexibility index (Phi) is 3.87. The van der Waals surface area contributed by atoms with Crippen LogP contribution < -0.4 is 10.3 Å². The van der Waals surface area contributed by atoms with Crippen molar-refractivity contribution in [1.82, 2.24) is 9.97 Å². The first-order valence-electron chi connectivity index (χ1n) is 4.93. The molecule has 6 nitrogen and oxygen atoms in total. The molecule has 0 saturated carbocycles. The lowest BCUT2D eigenvalue weighted by atomic mass is 10.2. The molecule has 0 spiro atoms. The first kappa shape index (κ1) is 13.6. The fraction of sp³-hybridized carbons (Fsp3) is 0. The summed E-state index contributed by atoms with van der Waals surface area (Å²) in [5.41, 5.74) is -0.362. The molecular weight excluding hydrogens is 339 g/mol. The monoisotopic (exact) mass is 344 g/mol. The van der Waals surface area contributed by atoms with Gasteiger partial charge >= 0.3 is 5.97 Å². The molecule has 8 heteroatoms. The third kappa shape index (κ3) is 2.94. The number of carboxylic acids is 1. The molecular formula is C11H6BrClN2O4. The van der Waals surface area contributed by atoms with Crippen molar-refractivity contribution >= 4 is 33.5 Å². The van der Waals surface area contributed by atoms with E-state index in [2.05, 4.69) is 25.9 Å². The van der Waals surface area contributed by atoms with E-state index < -0.39 is 11.5 Å². The molecule has 1 heterocycles. The molecule has 98 valence electrons. The van der Waals surface area contributed by atoms with Crippen LogP contribution in [0.1, 0.15) is 10.4 Å². The Morgan fingerprint density at radius 2 is 2.21 bits per heavy atom. The second-order valence-corrected chi connectivity index (χ2v) is 4.60. The fourth-order valence-corrected chi connectivity index (χ4v) is 1.78. The number of ether oxygens (including phenoxy) is 1. The predicted molar refractivity (Wildman–Crippen MR) is 71.0 cm³/mol. The van der Waals surface area contributed by atoms with Crippen molar-refractivity contribution in [3.63, 3.8) is 0 Å². The predicted octanol–water partition coefficient (Wildman–Crippen LogP) is 2.68.